The molecule has 11 aromatic rings. The van der Waals surface area contributed by atoms with E-state index in [1.165, 1.54) is 76.7 Å². The lowest BCUT2D eigenvalue weighted by atomic mass is 9.93. The lowest BCUT2D eigenvalue weighted by Gasteiger charge is -2.28. The molecule has 2 heteroatoms. The highest BCUT2D eigenvalue weighted by molar-refractivity contribution is 6.11. The number of para-hydroxylation sites is 2. The van der Waals surface area contributed by atoms with Crippen LogP contribution in [0, 0.1) is 0 Å². The predicted octanol–water partition coefficient (Wildman–Crippen LogP) is 15.6. The first-order valence-electron chi connectivity index (χ1n) is 19.9. The van der Waals surface area contributed by atoms with Crippen LogP contribution in [0.5, 0.6) is 0 Å². The van der Waals surface area contributed by atoms with Gasteiger partial charge in [0.05, 0.1) is 16.7 Å². The van der Waals surface area contributed by atoms with Crippen molar-refractivity contribution < 1.29 is 0 Å². The van der Waals surface area contributed by atoms with Crippen LogP contribution in [0.4, 0.5) is 17.1 Å². The summed E-state index contributed by atoms with van der Waals surface area (Å²) >= 11 is 0. The van der Waals surface area contributed by atoms with Gasteiger partial charge in [0.2, 0.25) is 0 Å². The third kappa shape index (κ3) is 5.74. The normalized spacial score (nSPS) is 11.4. The van der Waals surface area contributed by atoms with E-state index < -0.39 is 0 Å². The van der Waals surface area contributed by atoms with Crippen molar-refractivity contribution in [2.75, 3.05) is 4.90 Å². The second kappa shape index (κ2) is 14.1. The van der Waals surface area contributed by atoms with Gasteiger partial charge < -0.3 is 9.47 Å². The Bertz CT molecular complexity index is 3190. The summed E-state index contributed by atoms with van der Waals surface area (Å²) in [7, 11) is 0. The molecule has 58 heavy (non-hydrogen) atoms. The number of hydrogen-bond donors (Lipinski definition) is 0. The SMILES string of the molecule is c1ccc(-c2ccc(N(c3ccc(-c4ccc(-n5c6ccccc6c6ccccc65)cc4)cc3)c3ccc(-c4cccc5ccccc45)c4ccccc34)cc2)cc1. The summed E-state index contributed by atoms with van der Waals surface area (Å²) in [5.41, 5.74) is 14.2. The molecule has 0 saturated carbocycles. The van der Waals surface area contributed by atoms with E-state index in [0.29, 0.717) is 0 Å². The maximum Gasteiger partial charge on any atom is 0.0541 e. The highest BCUT2D eigenvalue weighted by atomic mass is 15.1. The molecule has 0 aliphatic carbocycles. The molecule has 10 aromatic carbocycles. The first-order valence-corrected chi connectivity index (χ1v) is 19.9. The fourth-order valence-corrected chi connectivity index (χ4v) is 8.84. The first kappa shape index (κ1) is 33.6. The van der Waals surface area contributed by atoms with Gasteiger partial charge in [-0.15, -0.1) is 0 Å². The minimum Gasteiger partial charge on any atom is -0.310 e. The number of hydrogen-bond acceptors (Lipinski definition) is 1. The van der Waals surface area contributed by atoms with Crippen LogP contribution in [0.15, 0.2) is 231 Å². The van der Waals surface area contributed by atoms with E-state index in [0.717, 1.165) is 22.7 Å². The maximum absolute atomic E-state index is 2.40. The molecule has 2 nitrogen and oxygen atoms in total. The van der Waals surface area contributed by atoms with Gasteiger partial charge in [-0.3, -0.25) is 0 Å². The molecule has 0 amide bonds. The largest absolute Gasteiger partial charge is 0.310 e. The summed E-state index contributed by atoms with van der Waals surface area (Å²) in [6.07, 6.45) is 0. The van der Waals surface area contributed by atoms with Crippen LogP contribution in [-0.4, -0.2) is 4.57 Å². The molecule has 0 radical (unpaired) electrons. The molecule has 11 rings (SSSR count). The van der Waals surface area contributed by atoms with Crippen LogP contribution in [0.25, 0.3) is 82.4 Å². The van der Waals surface area contributed by atoms with E-state index in [1.807, 2.05) is 0 Å². The summed E-state index contributed by atoms with van der Waals surface area (Å²) in [4.78, 5) is 2.40. The third-order valence-electron chi connectivity index (χ3n) is 11.6. The first-order chi connectivity index (χ1) is 28.8. The van der Waals surface area contributed by atoms with E-state index in [1.54, 1.807) is 0 Å². The quantitative estimate of drug-likeness (QED) is 0.158. The van der Waals surface area contributed by atoms with Gasteiger partial charge in [0, 0.05) is 33.2 Å². The molecule has 0 atom stereocenters. The van der Waals surface area contributed by atoms with Gasteiger partial charge in [0.15, 0.2) is 0 Å². The molecule has 272 valence electrons. The van der Waals surface area contributed by atoms with E-state index in [4.69, 9.17) is 0 Å². The molecular formula is C56H38N2. The van der Waals surface area contributed by atoms with Crippen molar-refractivity contribution in [1.29, 1.82) is 0 Å². The third-order valence-corrected chi connectivity index (χ3v) is 11.6. The van der Waals surface area contributed by atoms with Crippen LogP contribution in [-0.2, 0) is 0 Å². The standard InChI is InChI=1S/C56H38N2/c1-2-13-39(14-3-1)40-25-31-44(32-26-40)57(56-38-37-50(49-18-6-7-19-51(49)56)48-22-12-16-43-15-4-5-17-47(43)48)45-33-27-41(28-34-45)42-29-35-46(36-30-42)58-54-23-10-8-20-52(54)53-21-9-11-24-55(53)58/h1-38H. The smallest absolute Gasteiger partial charge is 0.0541 e. The predicted molar refractivity (Wildman–Crippen MR) is 247 cm³/mol. The van der Waals surface area contributed by atoms with Crippen molar-refractivity contribution in [1.82, 2.24) is 4.57 Å². The van der Waals surface area contributed by atoms with E-state index in [9.17, 15) is 0 Å². The van der Waals surface area contributed by atoms with Gasteiger partial charge in [-0.05, 0) is 104 Å². The molecule has 0 N–H and O–H groups in total. The molecule has 0 aliphatic heterocycles. The molecule has 0 spiro atoms. The lowest BCUT2D eigenvalue weighted by molar-refractivity contribution is 1.18. The molecule has 0 fully saturated rings. The molecule has 1 heterocycles. The number of anilines is 3. The van der Waals surface area contributed by atoms with Gasteiger partial charge in [0.25, 0.3) is 0 Å². The Morgan fingerprint density at radius 3 is 1.34 bits per heavy atom. The molecule has 0 unspecified atom stereocenters. The van der Waals surface area contributed by atoms with E-state index >= 15 is 0 Å². The zero-order valence-electron chi connectivity index (χ0n) is 31.8. The Kier molecular flexibility index (Phi) is 8.19. The van der Waals surface area contributed by atoms with Gasteiger partial charge in [-0.25, -0.2) is 0 Å². The van der Waals surface area contributed by atoms with Gasteiger partial charge >= 0.3 is 0 Å². The van der Waals surface area contributed by atoms with E-state index in [2.05, 4.69) is 240 Å². The Hall–Kier alpha value is -7.68. The van der Waals surface area contributed by atoms with Crippen LogP contribution in [0.1, 0.15) is 0 Å². The zero-order chi connectivity index (χ0) is 38.4. The number of nitrogens with zero attached hydrogens (tertiary/aromatic N) is 2. The Labute approximate surface area is 338 Å². The maximum atomic E-state index is 2.40. The van der Waals surface area contributed by atoms with Crippen molar-refractivity contribution in [2.45, 2.75) is 0 Å². The Morgan fingerprint density at radius 2 is 0.724 bits per heavy atom. The summed E-state index contributed by atoms with van der Waals surface area (Å²) < 4.78 is 2.37. The lowest BCUT2D eigenvalue weighted by Crippen LogP contribution is -2.10. The van der Waals surface area contributed by atoms with Crippen LogP contribution in [0.2, 0.25) is 0 Å². The molecule has 0 aliphatic rings. The van der Waals surface area contributed by atoms with Crippen molar-refractivity contribution >= 4 is 60.4 Å². The summed E-state index contributed by atoms with van der Waals surface area (Å²) in [5.74, 6) is 0. The highest BCUT2D eigenvalue weighted by Crippen LogP contribution is 2.44. The van der Waals surface area contributed by atoms with Crippen molar-refractivity contribution in [3.05, 3.63) is 231 Å². The number of fused-ring (bicyclic) bond motifs is 5. The average Bonchev–Trinajstić information content (AvgIpc) is 3.64. The van der Waals surface area contributed by atoms with Crippen molar-refractivity contribution in [3.63, 3.8) is 0 Å². The number of aromatic nitrogens is 1. The minimum absolute atomic E-state index is 1.10. The Morgan fingerprint density at radius 1 is 0.276 bits per heavy atom. The van der Waals surface area contributed by atoms with Crippen LogP contribution < -0.4 is 4.90 Å². The molecule has 0 saturated heterocycles. The number of benzene rings is 10. The molecular weight excluding hydrogens is 701 g/mol. The summed E-state index contributed by atoms with van der Waals surface area (Å²) in [6.45, 7) is 0. The summed E-state index contributed by atoms with van der Waals surface area (Å²) in [6, 6.07) is 83.6. The van der Waals surface area contributed by atoms with Crippen molar-refractivity contribution in [3.8, 4) is 39.1 Å². The molecule has 1 aromatic heterocycles. The highest BCUT2D eigenvalue weighted by Gasteiger charge is 2.19. The van der Waals surface area contributed by atoms with Crippen molar-refractivity contribution in [2.24, 2.45) is 0 Å². The average molecular weight is 739 g/mol. The second-order valence-corrected chi connectivity index (χ2v) is 14.9. The summed E-state index contributed by atoms with van der Waals surface area (Å²) in [5, 5.41) is 7.47. The zero-order valence-corrected chi connectivity index (χ0v) is 31.8. The van der Waals surface area contributed by atoms with Crippen LogP contribution >= 0.6 is 0 Å². The van der Waals surface area contributed by atoms with E-state index in [-0.39, 0.29) is 0 Å². The van der Waals surface area contributed by atoms with Gasteiger partial charge in [0.1, 0.15) is 0 Å². The minimum atomic E-state index is 1.10. The Balaban J connectivity index is 1.00. The number of rotatable bonds is 7. The fourth-order valence-electron chi connectivity index (χ4n) is 8.84. The van der Waals surface area contributed by atoms with Crippen LogP contribution in [0.3, 0.4) is 0 Å². The monoisotopic (exact) mass is 738 g/mol. The van der Waals surface area contributed by atoms with Gasteiger partial charge in [-0.2, -0.15) is 0 Å². The topological polar surface area (TPSA) is 8.17 Å². The van der Waals surface area contributed by atoms with Gasteiger partial charge in [-0.1, -0.05) is 176 Å². The second-order valence-electron chi connectivity index (χ2n) is 14.9. The fraction of sp³-hybridized carbons (Fsp3) is 0. The molecule has 0 bridgehead atoms.